The van der Waals surface area contributed by atoms with E-state index in [1.54, 1.807) is 6.26 Å². The quantitative estimate of drug-likeness (QED) is 0.845. The predicted octanol–water partition coefficient (Wildman–Crippen LogP) is 2.51. The normalized spacial score (nSPS) is 19.4. The molecule has 2 aliphatic rings. The Labute approximate surface area is 112 Å². The van der Waals surface area contributed by atoms with Crippen LogP contribution in [0.2, 0.25) is 0 Å². The molecule has 2 aromatic rings. The van der Waals surface area contributed by atoms with Gasteiger partial charge in [0.2, 0.25) is 0 Å². The second-order valence-electron chi connectivity index (χ2n) is 5.51. The predicted molar refractivity (Wildman–Crippen MR) is 70.5 cm³/mol. The first-order valence-corrected chi connectivity index (χ1v) is 6.98. The van der Waals surface area contributed by atoms with Crippen LogP contribution >= 0.6 is 0 Å². The third-order valence-electron chi connectivity index (χ3n) is 3.93. The number of furan rings is 1. The zero-order chi connectivity index (χ0) is 12.7. The molecule has 0 unspecified atom stereocenters. The van der Waals surface area contributed by atoms with E-state index in [9.17, 15) is 0 Å². The van der Waals surface area contributed by atoms with Gasteiger partial charge in [-0.15, -0.1) is 0 Å². The van der Waals surface area contributed by atoms with Gasteiger partial charge in [-0.3, -0.25) is 4.90 Å². The molecule has 19 heavy (non-hydrogen) atoms. The van der Waals surface area contributed by atoms with Crippen molar-refractivity contribution in [3.05, 3.63) is 47.4 Å². The van der Waals surface area contributed by atoms with Crippen LogP contribution in [-0.4, -0.2) is 21.4 Å². The molecule has 1 aliphatic heterocycles. The molecule has 0 saturated heterocycles. The highest BCUT2D eigenvalue weighted by Gasteiger charge is 2.28. The van der Waals surface area contributed by atoms with Crippen molar-refractivity contribution >= 4 is 0 Å². The number of aromatic nitrogens is 2. The zero-order valence-corrected chi connectivity index (χ0v) is 10.9. The van der Waals surface area contributed by atoms with Crippen molar-refractivity contribution in [3.63, 3.8) is 0 Å². The Morgan fingerprint density at radius 2 is 2.32 bits per heavy atom. The number of hydrogen-bond donors (Lipinski definition) is 0. The van der Waals surface area contributed by atoms with E-state index in [1.807, 2.05) is 18.3 Å². The van der Waals surface area contributed by atoms with E-state index >= 15 is 0 Å². The molecule has 4 heteroatoms. The molecule has 1 saturated carbocycles. The van der Waals surface area contributed by atoms with Crippen LogP contribution in [0.5, 0.6) is 0 Å². The lowest BCUT2D eigenvalue weighted by molar-refractivity contribution is 0.223. The van der Waals surface area contributed by atoms with E-state index in [0.29, 0.717) is 5.92 Å². The van der Waals surface area contributed by atoms with Gasteiger partial charge in [0.05, 0.1) is 12.8 Å². The van der Waals surface area contributed by atoms with Gasteiger partial charge in [0.1, 0.15) is 11.6 Å². The van der Waals surface area contributed by atoms with E-state index in [1.165, 1.54) is 24.1 Å². The minimum atomic E-state index is 0.645. The minimum Gasteiger partial charge on any atom is -0.468 e. The second kappa shape index (κ2) is 4.46. The minimum absolute atomic E-state index is 0.645. The first kappa shape index (κ1) is 11.2. The highest BCUT2D eigenvalue weighted by atomic mass is 16.3. The molecule has 0 aromatic carbocycles. The van der Waals surface area contributed by atoms with Gasteiger partial charge in [0.25, 0.3) is 0 Å². The van der Waals surface area contributed by atoms with Crippen LogP contribution in [0, 0.1) is 0 Å². The maximum Gasteiger partial charge on any atom is 0.131 e. The highest BCUT2D eigenvalue weighted by Crippen LogP contribution is 2.38. The molecule has 0 amide bonds. The molecule has 2 aromatic heterocycles. The molecule has 0 bridgehead atoms. The zero-order valence-electron chi connectivity index (χ0n) is 10.9. The molecular formula is C15H17N3O. The second-order valence-corrected chi connectivity index (χ2v) is 5.51. The fourth-order valence-electron chi connectivity index (χ4n) is 2.69. The third-order valence-corrected chi connectivity index (χ3v) is 3.93. The molecule has 4 nitrogen and oxygen atoms in total. The van der Waals surface area contributed by atoms with E-state index in [4.69, 9.17) is 9.40 Å². The average Bonchev–Trinajstić information content (AvgIpc) is 3.17. The fraction of sp³-hybridized carbons (Fsp3) is 0.467. The summed E-state index contributed by atoms with van der Waals surface area (Å²) in [5.41, 5.74) is 2.54. The summed E-state index contributed by atoms with van der Waals surface area (Å²) in [6.07, 6.45) is 7.33. The lowest BCUT2D eigenvalue weighted by Crippen LogP contribution is -2.31. The maximum absolute atomic E-state index is 5.41. The van der Waals surface area contributed by atoms with Gasteiger partial charge in [-0.05, 0) is 25.0 Å². The Morgan fingerprint density at radius 1 is 1.37 bits per heavy atom. The van der Waals surface area contributed by atoms with Gasteiger partial charge in [-0.2, -0.15) is 0 Å². The smallest absolute Gasteiger partial charge is 0.131 e. The molecule has 4 rings (SSSR count). The highest BCUT2D eigenvalue weighted by molar-refractivity contribution is 5.22. The SMILES string of the molecule is c1coc(CN2CCc3nc(C4CC4)ncc3C2)c1. The number of fused-ring (bicyclic) bond motifs is 1. The lowest BCUT2D eigenvalue weighted by atomic mass is 10.1. The van der Waals surface area contributed by atoms with Crippen molar-refractivity contribution in [2.24, 2.45) is 0 Å². The summed E-state index contributed by atoms with van der Waals surface area (Å²) in [4.78, 5) is 11.7. The lowest BCUT2D eigenvalue weighted by Gasteiger charge is -2.27. The Bertz CT molecular complexity index is 575. The maximum atomic E-state index is 5.41. The van der Waals surface area contributed by atoms with Crippen LogP contribution in [0.4, 0.5) is 0 Å². The van der Waals surface area contributed by atoms with Gasteiger partial charge in [0, 0.05) is 42.9 Å². The van der Waals surface area contributed by atoms with Crippen LogP contribution in [0.15, 0.2) is 29.0 Å². The number of hydrogen-bond acceptors (Lipinski definition) is 4. The van der Waals surface area contributed by atoms with Crippen LogP contribution in [-0.2, 0) is 19.5 Å². The van der Waals surface area contributed by atoms with E-state index < -0.39 is 0 Å². The number of rotatable bonds is 3. The Kier molecular flexibility index (Phi) is 2.62. The van der Waals surface area contributed by atoms with Crippen molar-refractivity contribution < 1.29 is 4.42 Å². The van der Waals surface area contributed by atoms with Crippen LogP contribution in [0.25, 0.3) is 0 Å². The largest absolute Gasteiger partial charge is 0.468 e. The first-order chi connectivity index (χ1) is 9.38. The molecule has 98 valence electrons. The average molecular weight is 255 g/mol. The third kappa shape index (κ3) is 2.28. The summed E-state index contributed by atoms with van der Waals surface area (Å²) in [5, 5.41) is 0. The summed E-state index contributed by atoms with van der Waals surface area (Å²) >= 11 is 0. The number of nitrogens with zero attached hydrogens (tertiary/aromatic N) is 3. The van der Waals surface area contributed by atoms with E-state index in [0.717, 1.165) is 37.6 Å². The van der Waals surface area contributed by atoms with Gasteiger partial charge < -0.3 is 4.42 Å². The summed E-state index contributed by atoms with van der Waals surface area (Å²) in [6.45, 7) is 2.85. The molecule has 0 atom stereocenters. The molecule has 3 heterocycles. The van der Waals surface area contributed by atoms with Gasteiger partial charge in [-0.1, -0.05) is 0 Å². The van der Waals surface area contributed by atoms with Crippen LogP contribution in [0.1, 0.15) is 41.6 Å². The molecule has 1 aliphatic carbocycles. The summed E-state index contributed by atoms with van der Waals surface area (Å²) < 4.78 is 5.41. The van der Waals surface area contributed by atoms with Crippen molar-refractivity contribution in [1.82, 2.24) is 14.9 Å². The fourth-order valence-corrected chi connectivity index (χ4v) is 2.69. The summed E-state index contributed by atoms with van der Waals surface area (Å²) in [7, 11) is 0. The van der Waals surface area contributed by atoms with Gasteiger partial charge in [0.15, 0.2) is 0 Å². The van der Waals surface area contributed by atoms with Crippen LogP contribution < -0.4 is 0 Å². The topological polar surface area (TPSA) is 42.2 Å². The van der Waals surface area contributed by atoms with Crippen molar-refractivity contribution in [2.45, 2.75) is 38.3 Å². The molecule has 0 radical (unpaired) electrons. The van der Waals surface area contributed by atoms with Gasteiger partial charge >= 0.3 is 0 Å². The molecular weight excluding hydrogens is 238 g/mol. The monoisotopic (exact) mass is 255 g/mol. The summed E-state index contributed by atoms with van der Waals surface area (Å²) in [5.74, 6) is 2.74. The first-order valence-electron chi connectivity index (χ1n) is 6.98. The molecule has 1 fully saturated rings. The summed E-state index contributed by atoms with van der Waals surface area (Å²) in [6, 6.07) is 3.97. The standard InChI is InChI=1S/C15H17N3O/c1-2-13(19-7-1)10-18-6-5-14-12(9-18)8-16-15(17-14)11-3-4-11/h1-2,7-8,11H,3-6,9-10H2. The molecule has 0 N–H and O–H groups in total. The van der Waals surface area contributed by atoms with Crippen molar-refractivity contribution in [3.8, 4) is 0 Å². The Balaban J connectivity index is 1.50. The van der Waals surface area contributed by atoms with Crippen molar-refractivity contribution in [1.29, 1.82) is 0 Å². The van der Waals surface area contributed by atoms with E-state index in [-0.39, 0.29) is 0 Å². The van der Waals surface area contributed by atoms with E-state index in [2.05, 4.69) is 9.88 Å². The Hall–Kier alpha value is -1.68. The molecule has 0 spiro atoms. The van der Waals surface area contributed by atoms with Gasteiger partial charge in [-0.25, -0.2) is 9.97 Å². The Morgan fingerprint density at radius 3 is 3.11 bits per heavy atom. The van der Waals surface area contributed by atoms with Crippen molar-refractivity contribution in [2.75, 3.05) is 6.54 Å². The van der Waals surface area contributed by atoms with Crippen LogP contribution in [0.3, 0.4) is 0 Å².